The van der Waals surface area contributed by atoms with Crippen LogP contribution in [0.15, 0.2) is 108 Å². The van der Waals surface area contributed by atoms with Crippen LogP contribution in [0, 0.1) is 0 Å². The maximum Gasteiger partial charge on any atom is 0.573 e. The monoisotopic (exact) mass is 654 g/mol. The number of benzene rings is 3. The number of sulfonamides is 1. The molecule has 0 radical (unpaired) electrons. The smallest absolute Gasteiger partial charge is 0.406 e. The molecule has 0 saturated carbocycles. The predicted octanol–water partition coefficient (Wildman–Crippen LogP) is 6.36. The molecule has 2 aromatic heterocycles. The van der Waals surface area contributed by atoms with Gasteiger partial charge in [-0.2, -0.15) is 0 Å². The molecular weight excluding hydrogens is 626 g/mol. The zero-order valence-corrected chi connectivity index (χ0v) is 25.4. The summed E-state index contributed by atoms with van der Waals surface area (Å²) in [4.78, 5) is 8.71. The van der Waals surface area contributed by atoms with Crippen LogP contribution in [0.3, 0.4) is 0 Å². The lowest BCUT2D eigenvalue weighted by atomic mass is 10.1. The third kappa shape index (κ3) is 9.35. The predicted molar refractivity (Wildman–Crippen MR) is 167 cm³/mol. The summed E-state index contributed by atoms with van der Waals surface area (Å²) in [5, 5.41) is 16.0. The van der Waals surface area contributed by atoms with Crippen LogP contribution in [0.5, 0.6) is 5.75 Å². The number of aromatic nitrogens is 2. The van der Waals surface area contributed by atoms with E-state index in [9.17, 15) is 26.7 Å². The standard InChI is InChI=1S/C32H29F3N4O4S2/c33-32(34,35)43-28-11-5-23(6-12-28)18-27-21-44-31(38-27)24-7-13-29(14-8-24)45(41,42)39-26-9-3-22(4-10-26)15-17-37-20-30(40)25-2-1-16-36-19-25/h1-14,16,19,21,30,37,39-40H,15,17-18,20H2. The highest BCUT2D eigenvalue weighted by Crippen LogP contribution is 2.28. The summed E-state index contributed by atoms with van der Waals surface area (Å²) in [6.07, 6.45) is -0.973. The maximum atomic E-state index is 13.0. The minimum Gasteiger partial charge on any atom is -0.406 e. The lowest BCUT2D eigenvalue weighted by Gasteiger charge is -2.12. The van der Waals surface area contributed by atoms with Gasteiger partial charge in [0, 0.05) is 47.6 Å². The van der Waals surface area contributed by atoms with Gasteiger partial charge in [0.15, 0.2) is 0 Å². The first-order valence-corrected chi connectivity index (χ1v) is 16.2. The summed E-state index contributed by atoms with van der Waals surface area (Å²) in [6.45, 7) is 1.04. The summed E-state index contributed by atoms with van der Waals surface area (Å²) in [6, 6.07) is 22.7. The minimum atomic E-state index is -4.74. The van der Waals surface area contributed by atoms with E-state index in [1.807, 2.05) is 23.6 Å². The molecule has 234 valence electrons. The molecule has 5 rings (SSSR count). The Morgan fingerprint density at radius 2 is 1.64 bits per heavy atom. The molecular formula is C32H29F3N4O4S2. The number of halogens is 3. The first kappa shape index (κ1) is 32.1. The van der Waals surface area contributed by atoms with Gasteiger partial charge in [-0.05, 0) is 66.6 Å². The van der Waals surface area contributed by atoms with Crippen molar-refractivity contribution >= 4 is 27.0 Å². The highest BCUT2D eigenvalue weighted by atomic mass is 32.2. The fourth-order valence-corrected chi connectivity index (χ4v) is 6.32. The summed E-state index contributed by atoms with van der Waals surface area (Å²) in [5.41, 5.74) is 4.45. The van der Waals surface area contributed by atoms with Crippen LogP contribution in [0.1, 0.15) is 28.5 Å². The molecule has 0 aliphatic rings. The van der Waals surface area contributed by atoms with Crippen molar-refractivity contribution in [1.82, 2.24) is 15.3 Å². The van der Waals surface area contributed by atoms with Crippen molar-refractivity contribution in [2.75, 3.05) is 17.8 Å². The van der Waals surface area contributed by atoms with Gasteiger partial charge < -0.3 is 15.2 Å². The van der Waals surface area contributed by atoms with E-state index >= 15 is 0 Å². The van der Waals surface area contributed by atoms with Crippen molar-refractivity contribution in [1.29, 1.82) is 0 Å². The van der Waals surface area contributed by atoms with Crippen molar-refractivity contribution in [3.63, 3.8) is 0 Å². The Morgan fingerprint density at radius 3 is 2.31 bits per heavy atom. The minimum absolute atomic E-state index is 0.102. The highest BCUT2D eigenvalue weighted by Gasteiger charge is 2.31. The number of nitrogens with zero attached hydrogens (tertiary/aromatic N) is 2. The molecule has 3 N–H and O–H groups in total. The molecule has 0 bridgehead atoms. The number of anilines is 1. The number of hydrogen-bond acceptors (Lipinski definition) is 8. The van der Waals surface area contributed by atoms with Gasteiger partial charge in [-0.3, -0.25) is 9.71 Å². The summed E-state index contributed by atoms with van der Waals surface area (Å²) in [7, 11) is -3.83. The van der Waals surface area contributed by atoms with E-state index < -0.39 is 22.5 Å². The average Bonchev–Trinajstić information content (AvgIpc) is 3.49. The van der Waals surface area contributed by atoms with Crippen molar-refractivity contribution in [3.8, 4) is 16.3 Å². The van der Waals surface area contributed by atoms with Gasteiger partial charge in [-0.15, -0.1) is 24.5 Å². The fraction of sp³-hybridized carbons (Fsp3) is 0.188. The lowest BCUT2D eigenvalue weighted by molar-refractivity contribution is -0.274. The van der Waals surface area contributed by atoms with Crippen LogP contribution in [-0.4, -0.2) is 42.9 Å². The number of rotatable bonds is 13. The topological polar surface area (TPSA) is 113 Å². The Bertz CT molecular complexity index is 1780. The van der Waals surface area contributed by atoms with Gasteiger partial charge in [-0.25, -0.2) is 13.4 Å². The number of alkyl halides is 3. The Kier molecular flexibility index (Phi) is 10.1. The van der Waals surface area contributed by atoms with Crippen molar-refractivity contribution in [3.05, 3.63) is 125 Å². The number of pyridine rings is 1. The van der Waals surface area contributed by atoms with Crippen LogP contribution in [0.4, 0.5) is 18.9 Å². The molecule has 1 atom stereocenters. The number of thiazole rings is 1. The molecule has 8 nitrogen and oxygen atoms in total. The second-order valence-electron chi connectivity index (χ2n) is 10.1. The molecule has 13 heteroatoms. The average molecular weight is 655 g/mol. The van der Waals surface area contributed by atoms with Gasteiger partial charge >= 0.3 is 6.36 Å². The van der Waals surface area contributed by atoms with E-state index in [0.717, 1.165) is 27.9 Å². The second-order valence-corrected chi connectivity index (χ2v) is 12.6. The van der Waals surface area contributed by atoms with E-state index in [1.165, 1.54) is 35.6 Å². The molecule has 45 heavy (non-hydrogen) atoms. The van der Waals surface area contributed by atoms with Gasteiger partial charge in [0.2, 0.25) is 0 Å². The maximum absolute atomic E-state index is 13.0. The molecule has 5 aromatic rings. The normalized spacial score (nSPS) is 12.5. The van der Waals surface area contributed by atoms with Gasteiger partial charge in [-0.1, -0.05) is 42.5 Å². The fourth-order valence-electron chi connectivity index (χ4n) is 4.43. The number of ether oxygens (including phenoxy) is 1. The van der Waals surface area contributed by atoms with E-state index in [2.05, 4.69) is 24.7 Å². The Labute approximate surface area is 262 Å². The Hall–Kier alpha value is -4.30. The van der Waals surface area contributed by atoms with Crippen molar-refractivity contribution < 1.29 is 31.4 Å². The molecule has 1 unspecified atom stereocenters. The molecule has 0 saturated heterocycles. The third-order valence-corrected chi connectivity index (χ3v) is 9.05. The van der Waals surface area contributed by atoms with E-state index in [-0.39, 0.29) is 10.6 Å². The Balaban J connectivity index is 1.11. The van der Waals surface area contributed by atoms with Crippen LogP contribution < -0.4 is 14.8 Å². The first-order valence-electron chi connectivity index (χ1n) is 13.8. The van der Waals surface area contributed by atoms with Crippen LogP contribution in [0.2, 0.25) is 0 Å². The highest BCUT2D eigenvalue weighted by molar-refractivity contribution is 7.92. The number of nitrogens with one attached hydrogen (secondary N) is 2. The summed E-state index contributed by atoms with van der Waals surface area (Å²) in [5.74, 6) is -0.286. The molecule has 0 fully saturated rings. The summed E-state index contributed by atoms with van der Waals surface area (Å²) >= 11 is 1.39. The molecule has 3 aromatic carbocycles. The van der Waals surface area contributed by atoms with E-state index in [1.54, 1.807) is 54.9 Å². The van der Waals surface area contributed by atoms with E-state index in [4.69, 9.17) is 0 Å². The SMILES string of the molecule is O=S(=O)(Nc1ccc(CCNCC(O)c2cccnc2)cc1)c1ccc(-c2nc(Cc3ccc(OC(F)(F)F)cc3)cs2)cc1. The molecule has 0 aliphatic carbocycles. The zero-order valence-electron chi connectivity index (χ0n) is 23.7. The number of aliphatic hydroxyl groups is 1. The molecule has 0 spiro atoms. The third-order valence-electron chi connectivity index (χ3n) is 6.71. The first-order chi connectivity index (χ1) is 21.5. The van der Waals surface area contributed by atoms with Crippen LogP contribution in [0.25, 0.3) is 10.6 Å². The Morgan fingerprint density at radius 1 is 0.933 bits per heavy atom. The molecule has 0 aliphatic heterocycles. The molecule has 0 amide bonds. The van der Waals surface area contributed by atoms with Crippen molar-refractivity contribution in [2.45, 2.75) is 30.2 Å². The lowest BCUT2D eigenvalue weighted by Crippen LogP contribution is -2.23. The van der Waals surface area contributed by atoms with Crippen LogP contribution >= 0.6 is 11.3 Å². The number of aliphatic hydroxyl groups excluding tert-OH is 1. The number of hydrogen-bond donors (Lipinski definition) is 3. The largest absolute Gasteiger partial charge is 0.573 e. The van der Waals surface area contributed by atoms with Crippen molar-refractivity contribution in [2.24, 2.45) is 0 Å². The quantitative estimate of drug-likeness (QED) is 0.127. The molecule has 2 heterocycles. The van der Waals surface area contributed by atoms with Gasteiger partial charge in [0.1, 0.15) is 10.8 Å². The van der Waals surface area contributed by atoms with Crippen LogP contribution in [-0.2, 0) is 22.9 Å². The van der Waals surface area contributed by atoms with Gasteiger partial charge in [0.25, 0.3) is 10.0 Å². The van der Waals surface area contributed by atoms with E-state index in [0.29, 0.717) is 36.6 Å². The zero-order chi connectivity index (χ0) is 31.9. The second kappa shape index (κ2) is 14.2. The summed E-state index contributed by atoms with van der Waals surface area (Å²) < 4.78 is 69.6. The van der Waals surface area contributed by atoms with Gasteiger partial charge in [0.05, 0.1) is 16.7 Å².